The fourth-order valence-electron chi connectivity index (χ4n) is 3.20. The Kier molecular flexibility index (Phi) is 1.54. The van der Waals surface area contributed by atoms with Crippen LogP contribution in [0.15, 0.2) is 10.8 Å². The highest BCUT2D eigenvalue weighted by molar-refractivity contribution is 5.77. The van der Waals surface area contributed by atoms with Crippen LogP contribution in [0.25, 0.3) is 0 Å². The van der Waals surface area contributed by atoms with Crippen LogP contribution in [0.4, 0.5) is 4.79 Å². The summed E-state index contributed by atoms with van der Waals surface area (Å²) in [6.07, 6.45) is 4.20. The predicted octanol–water partition coefficient (Wildman–Crippen LogP) is 0.790. The van der Waals surface area contributed by atoms with E-state index in [9.17, 15) is 10.0 Å². The Balaban J connectivity index is 1.76. The Morgan fingerprint density at radius 2 is 2.35 bits per heavy atom. The highest BCUT2D eigenvalue weighted by atomic mass is 16.5. The van der Waals surface area contributed by atoms with Crippen LogP contribution in [0.2, 0.25) is 0 Å². The molecule has 3 aliphatic rings. The molecule has 0 radical (unpaired) electrons. The van der Waals surface area contributed by atoms with Crippen LogP contribution in [0.5, 0.6) is 0 Å². The highest BCUT2D eigenvalue weighted by Crippen LogP contribution is 2.61. The van der Waals surface area contributed by atoms with Gasteiger partial charge in [0.2, 0.25) is 12.3 Å². The first-order valence-electron chi connectivity index (χ1n) is 5.76. The number of nitrogens with zero attached hydrogens (tertiary/aromatic N) is 4. The van der Waals surface area contributed by atoms with Crippen molar-refractivity contribution < 1.29 is 14.4 Å². The van der Waals surface area contributed by atoms with Gasteiger partial charge >= 0.3 is 6.03 Å². The molecule has 2 bridgehead atoms. The molecule has 2 amide bonds. The van der Waals surface area contributed by atoms with Crippen LogP contribution < -0.4 is 0 Å². The first-order chi connectivity index (χ1) is 8.21. The standard InChI is InChI=1S/C10H12N4O3/c15-9-13-4-7(14(9)16)10(1-2-10)3-6(13)8-12-11-5-17-8/h5-7,16H,1-4H2/t6-,7?/m0/s1. The maximum atomic E-state index is 11.9. The van der Waals surface area contributed by atoms with Gasteiger partial charge in [-0.2, -0.15) is 0 Å². The SMILES string of the molecule is O=C1N(O)C2CN1[C@H](c1nnco1)CC21CC1. The molecule has 1 saturated carbocycles. The van der Waals surface area contributed by atoms with Crippen molar-refractivity contribution in [1.82, 2.24) is 20.2 Å². The van der Waals surface area contributed by atoms with Crippen molar-refractivity contribution in [3.63, 3.8) is 0 Å². The average molecular weight is 236 g/mol. The minimum Gasteiger partial charge on any atom is -0.426 e. The zero-order valence-electron chi connectivity index (χ0n) is 9.11. The molecule has 1 N–H and O–H groups in total. The minimum atomic E-state index is -0.345. The van der Waals surface area contributed by atoms with E-state index in [1.165, 1.54) is 6.39 Å². The van der Waals surface area contributed by atoms with Crippen molar-refractivity contribution in [1.29, 1.82) is 0 Å². The van der Waals surface area contributed by atoms with Crippen LogP contribution in [-0.2, 0) is 0 Å². The van der Waals surface area contributed by atoms with Crippen LogP contribution >= 0.6 is 0 Å². The molecule has 1 unspecified atom stereocenters. The molecule has 2 saturated heterocycles. The van der Waals surface area contributed by atoms with E-state index in [-0.39, 0.29) is 23.5 Å². The lowest BCUT2D eigenvalue weighted by Crippen LogP contribution is -2.41. The van der Waals surface area contributed by atoms with E-state index in [2.05, 4.69) is 10.2 Å². The number of hydrogen-bond donors (Lipinski definition) is 1. The van der Waals surface area contributed by atoms with Crippen molar-refractivity contribution in [2.24, 2.45) is 5.41 Å². The molecule has 3 fully saturated rings. The third-order valence-corrected chi connectivity index (χ3v) is 4.34. The predicted molar refractivity (Wildman–Crippen MR) is 52.8 cm³/mol. The van der Waals surface area contributed by atoms with E-state index in [1.54, 1.807) is 4.90 Å². The Hall–Kier alpha value is -1.63. The molecule has 1 aromatic rings. The van der Waals surface area contributed by atoms with Crippen LogP contribution in [-0.4, -0.2) is 44.0 Å². The van der Waals surface area contributed by atoms with E-state index < -0.39 is 0 Å². The summed E-state index contributed by atoms with van der Waals surface area (Å²) < 4.78 is 5.21. The van der Waals surface area contributed by atoms with Gasteiger partial charge in [0.05, 0.1) is 6.04 Å². The lowest BCUT2D eigenvalue weighted by molar-refractivity contribution is -0.0783. The topological polar surface area (TPSA) is 82.7 Å². The van der Waals surface area contributed by atoms with Crippen molar-refractivity contribution in [2.45, 2.75) is 31.3 Å². The van der Waals surface area contributed by atoms with Crippen molar-refractivity contribution in [3.05, 3.63) is 12.3 Å². The summed E-state index contributed by atoms with van der Waals surface area (Å²) in [6.45, 7) is 0.558. The van der Waals surface area contributed by atoms with Crippen molar-refractivity contribution in [2.75, 3.05) is 6.54 Å². The molecular weight excluding hydrogens is 224 g/mol. The van der Waals surface area contributed by atoms with E-state index in [0.29, 0.717) is 12.4 Å². The molecule has 2 aliphatic heterocycles. The number of fused-ring (bicyclic) bond motifs is 3. The number of rotatable bonds is 1. The molecule has 17 heavy (non-hydrogen) atoms. The molecular formula is C10H12N4O3. The van der Waals surface area contributed by atoms with Gasteiger partial charge < -0.3 is 9.32 Å². The fraction of sp³-hybridized carbons (Fsp3) is 0.700. The van der Waals surface area contributed by atoms with Gasteiger partial charge in [0.15, 0.2) is 0 Å². The second kappa shape index (κ2) is 2.79. The van der Waals surface area contributed by atoms with Gasteiger partial charge in [-0.3, -0.25) is 5.21 Å². The van der Waals surface area contributed by atoms with Crippen molar-refractivity contribution >= 4 is 6.03 Å². The second-order valence-electron chi connectivity index (χ2n) is 5.15. The summed E-state index contributed by atoms with van der Waals surface area (Å²) in [7, 11) is 0. The zero-order valence-corrected chi connectivity index (χ0v) is 9.11. The van der Waals surface area contributed by atoms with Gasteiger partial charge in [0.25, 0.3) is 0 Å². The summed E-state index contributed by atoms with van der Waals surface area (Å²) in [6, 6.07) is -0.586. The van der Waals surface area contributed by atoms with Gasteiger partial charge in [-0.05, 0) is 24.7 Å². The number of aromatic nitrogens is 2. The largest absolute Gasteiger partial charge is 0.426 e. The Morgan fingerprint density at radius 3 is 3.00 bits per heavy atom. The quantitative estimate of drug-likeness (QED) is 0.729. The molecule has 4 rings (SSSR count). The number of carbonyl (C=O) groups is 1. The number of piperidine rings is 1. The summed E-state index contributed by atoms with van der Waals surface area (Å²) in [5, 5.41) is 18.3. The van der Waals surface area contributed by atoms with E-state index in [4.69, 9.17) is 4.42 Å². The maximum absolute atomic E-state index is 11.9. The van der Waals surface area contributed by atoms with Crippen LogP contribution in [0, 0.1) is 5.41 Å². The number of hydrogen-bond acceptors (Lipinski definition) is 5. The third-order valence-electron chi connectivity index (χ3n) is 4.34. The summed E-state index contributed by atoms with van der Waals surface area (Å²) in [4.78, 5) is 13.5. The first-order valence-corrected chi connectivity index (χ1v) is 5.76. The smallest absolute Gasteiger partial charge is 0.344 e. The second-order valence-corrected chi connectivity index (χ2v) is 5.15. The zero-order chi connectivity index (χ0) is 11.6. The summed E-state index contributed by atoms with van der Waals surface area (Å²) in [5.41, 5.74) is 0.0660. The van der Waals surface area contributed by atoms with Gasteiger partial charge in [0.1, 0.15) is 6.04 Å². The molecule has 2 atom stereocenters. The normalized spacial score (nSPS) is 33.6. The lowest BCUT2D eigenvalue weighted by atomic mass is 9.85. The highest BCUT2D eigenvalue weighted by Gasteiger charge is 2.63. The van der Waals surface area contributed by atoms with Gasteiger partial charge in [0, 0.05) is 6.54 Å². The minimum absolute atomic E-state index is 0.0610. The number of carbonyl (C=O) groups excluding carboxylic acids is 1. The van der Waals surface area contributed by atoms with E-state index in [1.807, 2.05) is 0 Å². The first kappa shape index (κ1) is 9.41. The number of amides is 2. The van der Waals surface area contributed by atoms with Gasteiger partial charge in [-0.25, -0.2) is 9.86 Å². The Morgan fingerprint density at radius 1 is 1.53 bits per heavy atom. The van der Waals surface area contributed by atoms with Crippen LogP contribution in [0.3, 0.4) is 0 Å². The summed E-state index contributed by atoms with van der Waals surface area (Å²) >= 11 is 0. The molecule has 7 heteroatoms. The van der Waals surface area contributed by atoms with Gasteiger partial charge in [-0.15, -0.1) is 10.2 Å². The summed E-state index contributed by atoms with van der Waals surface area (Å²) in [5.74, 6) is 0.471. The average Bonchev–Trinajstić information content (AvgIpc) is 2.81. The lowest BCUT2D eigenvalue weighted by Gasteiger charge is -2.34. The number of hydroxylamine groups is 2. The molecule has 0 aromatic carbocycles. The molecule has 7 nitrogen and oxygen atoms in total. The molecule has 90 valence electrons. The monoisotopic (exact) mass is 236 g/mol. The fourth-order valence-corrected chi connectivity index (χ4v) is 3.20. The van der Waals surface area contributed by atoms with E-state index >= 15 is 0 Å². The van der Waals surface area contributed by atoms with Crippen molar-refractivity contribution in [3.8, 4) is 0 Å². The van der Waals surface area contributed by atoms with E-state index in [0.717, 1.165) is 24.3 Å². The number of urea groups is 1. The van der Waals surface area contributed by atoms with Gasteiger partial charge in [-0.1, -0.05) is 0 Å². The van der Waals surface area contributed by atoms with Crippen LogP contribution in [0.1, 0.15) is 31.2 Å². The Labute approximate surface area is 97.0 Å². The maximum Gasteiger partial charge on any atom is 0.344 e. The molecule has 3 heterocycles. The molecule has 1 aromatic heterocycles. The molecule has 1 aliphatic carbocycles. The third kappa shape index (κ3) is 1.07. The molecule has 1 spiro atoms. The Bertz CT molecular complexity index is 470.